The molecule has 0 aliphatic rings. The Morgan fingerprint density at radius 1 is 1.32 bits per heavy atom. The number of hydrogen-bond donors (Lipinski definition) is 2. The molecule has 2 rings (SSSR count). The molecule has 0 aliphatic carbocycles. The van der Waals surface area contributed by atoms with Crippen LogP contribution in [0, 0.1) is 0 Å². The Labute approximate surface area is 117 Å². The summed E-state index contributed by atoms with van der Waals surface area (Å²) in [5, 5.41) is 2.52. The molecule has 19 heavy (non-hydrogen) atoms. The maximum Gasteiger partial charge on any atom is 0.412 e. The number of amides is 1. The zero-order valence-corrected chi connectivity index (χ0v) is 11.4. The molecule has 1 aromatic carbocycles. The Bertz CT molecular complexity index is 625. The van der Waals surface area contributed by atoms with Crippen molar-refractivity contribution in [2.45, 2.75) is 6.61 Å². The summed E-state index contributed by atoms with van der Waals surface area (Å²) in [6.45, 7) is 0.192. The second-order valence-electron chi connectivity index (χ2n) is 3.75. The Morgan fingerprint density at radius 3 is 2.74 bits per heavy atom. The monoisotopic (exact) mass is 322 g/mol. The van der Waals surface area contributed by atoms with E-state index < -0.39 is 6.09 Å². The van der Waals surface area contributed by atoms with Crippen LogP contribution in [0.5, 0.6) is 0 Å². The van der Waals surface area contributed by atoms with Gasteiger partial charge in [-0.15, -0.1) is 0 Å². The summed E-state index contributed by atoms with van der Waals surface area (Å²) in [4.78, 5) is 25.1. The summed E-state index contributed by atoms with van der Waals surface area (Å²) in [5.41, 5.74) is 1.09. The third kappa shape index (κ3) is 3.96. The molecule has 1 heterocycles. The highest BCUT2D eigenvalue weighted by Gasteiger charge is 2.05. The highest BCUT2D eigenvalue weighted by atomic mass is 79.9. The van der Waals surface area contributed by atoms with Gasteiger partial charge in [0.1, 0.15) is 6.61 Å². The number of aromatic amines is 1. The van der Waals surface area contributed by atoms with Gasteiger partial charge in [-0.05, 0) is 27.6 Å². The number of rotatable bonds is 3. The number of halogens is 1. The largest absolute Gasteiger partial charge is 0.444 e. The van der Waals surface area contributed by atoms with Gasteiger partial charge in [0.2, 0.25) is 0 Å². The Hall–Kier alpha value is -2.08. The molecule has 0 spiro atoms. The van der Waals surface area contributed by atoms with Crippen LogP contribution in [0.4, 0.5) is 10.5 Å². The maximum atomic E-state index is 11.5. The van der Waals surface area contributed by atoms with Crippen molar-refractivity contribution in [2.24, 2.45) is 0 Å². The fourth-order valence-electron chi connectivity index (χ4n) is 1.41. The number of ether oxygens (including phenoxy) is 1. The number of hydrogen-bond acceptors (Lipinski definition) is 3. The van der Waals surface area contributed by atoms with Crippen LogP contribution in [-0.2, 0) is 11.3 Å². The topological polar surface area (TPSA) is 71.2 Å². The lowest BCUT2D eigenvalue weighted by atomic mass is 10.2. The van der Waals surface area contributed by atoms with Crippen LogP contribution in [0.2, 0.25) is 0 Å². The highest BCUT2D eigenvalue weighted by Crippen LogP contribution is 2.10. The zero-order valence-electron chi connectivity index (χ0n) is 9.85. The molecule has 0 saturated carbocycles. The number of carbonyl (C=O) groups is 1. The van der Waals surface area contributed by atoms with Gasteiger partial charge in [0, 0.05) is 6.20 Å². The van der Waals surface area contributed by atoms with Gasteiger partial charge in [-0.25, -0.2) is 4.79 Å². The van der Waals surface area contributed by atoms with E-state index in [1.807, 2.05) is 30.3 Å². The van der Waals surface area contributed by atoms with E-state index in [1.165, 1.54) is 12.3 Å². The van der Waals surface area contributed by atoms with Crippen molar-refractivity contribution < 1.29 is 9.53 Å². The van der Waals surface area contributed by atoms with E-state index in [0.29, 0.717) is 10.2 Å². The minimum absolute atomic E-state index is 0.192. The molecule has 0 fully saturated rings. The van der Waals surface area contributed by atoms with Crippen LogP contribution < -0.4 is 10.9 Å². The van der Waals surface area contributed by atoms with E-state index in [4.69, 9.17) is 4.74 Å². The first-order valence-corrected chi connectivity index (χ1v) is 6.30. The molecule has 0 bridgehead atoms. The standard InChI is InChI=1S/C13H11BrN2O3/c14-11-6-10(7-15-12(11)17)16-13(18)19-8-9-4-2-1-3-5-9/h1-7H,8H2,(H,15,17)(H,16,18). The molecule has 1 aromatic heterocycles. The van der Waals surface area contributed by atoms with Gasteiger partial charge in [0.25, 0.3) is 5.56 Å². The predicted octanol–water partition coefficient (Wildman–Crippen LogP) is 2.89. The van der Waals surface area contributed by atoms with E-state index >= 15 is 0 Å². The lowest BCUT2D eigenvalue weighted by Crippen LogP contribution is -2.15. The Balaban J connectivity index is 1.91. The van der Waals surface area contributed by atoms with Crippen molar-refractivity contribution in [3.05, 3.63) is 63.0 Å². The van der Waals surface area contributed by atoms with Gasteiger partial charge in [0.15, 0.2) is 0 Å². The quantitative estimate of drug-likeness (QED) is 0.912. The Morgan fingerprint density at radius 2 is 2.05 bits per heavy atom. The lowest BCUT2D eigenvalue weighted by molar-refractivity contribution is 0.155. The predicted molar refractivity (Wildman–Crippen MR) is 75.0 cm³/mol. The molecule has 2 N–H and O–H groups in total. The van der Waals surface area contributed by atoms with Crippen LogP contribution in [0.15, 0.2) is 51.9 Å². The minimum Gasteiger partial charge on any atom is -0.444 e. The smallest absolute Gasteiger partial charge is 0.412 e. The minimum atomic E-state index is -0.581. The molecule has 0 radical (unpaired) electrons. The second kappa shape index (κ2) is 6.19. The summed E-state index contributed by atoms with van der Waals surface area (Å²) in [6.07, 6.45) is 0.819. The van der Waals surface area contributed by atoms with Crippen molar-refractivity contribution >= 4 is 27.7 Å². The molecule has 5 nitrogen and oxygen atoms in total. The SMILES string of the molecule is O=C(Nc1c[nH]c(=O)c(Br)c1)OCc1ccccc1. The van der Waals surface area contributed by atoms with E-state index in [1.54, 1.807) is 0 Å². The third-order valence-electron chi connectivity index (χ3n) is 2.32. The fourth-order valence-corrected chi connectivity index (χ4v) is 1.77. The first kappa shape index (κ1) is 13.4. The molecule has 0 unspecified atom stereocenters. The molecular formula is C13H11BrN2O3. The summed E-state index contributed by atoms with van der Waals surface area (Å²) >= 11 is 3.08. The normalized spacial score (nSPS) is 9.95. The fraction of sp³-hybridized carbons (Fsp3) is 0.0769. The average Bonchev–Trinajstić information content (AvgIpc) is 2.42. The highest BCUT2D eigenvalue weighted by molar-refractivity contribution is 9.10. The van der Waals surface area contributed by atoms with Gasteiger partial charge < -0.3 is 9.72 Å². The third-order valence-corrected chi connectivity index (χ3v) is 2.91. The summed E-state index contributed by atoms with van der Waals surface area (Å²) in [6, 6.07) is 10.9. The number of carbonyl (C=O) groups excluding carboxylic acids is 1. The number of H-pyrrole nitrogens is 1. The van der Waals surface area contributed by atoms with Crippen molar-refractivity contribution in [3.63, 3.8) is 0 Å². The van der Waals surface area contributed by atoms with E-state index in [2.05, 4.69) is 26.2 Å². The maximum absolute atomic E-state index is 11.5. The number of pyridine rings is 1. The van der Waals surface area contributed by atoms with E-state index in [-0.39, 0.29) is 12.2 Å². The van der Waals surface area contributed by atoms with Crippen molar-refractivity contribution in [3.8, 4) is 0 Å². The van der Waals surface area contributed by atoms with E-state index in [9.17, 15) is 9.59 Å². The first-order valence-electron chi connectivity index (χ1n) is 5.51. The van der Waals surface area contributed by atoms with Crippen LogP contribution in [0.25, 0.3) is 0 Å². The van der Waals surface area contributed by atoms with E-state index in [0.717, 1.165) is 5.56 Å². The van der Waals surface area contributed by atoms with Crippen LogP contribution in [0.3, 0.4) is 0 Å². The average molecular weight is 323 g/mol. The molecule has 0 saturated heterocycles. The molecular weight excluding hydrogens is 312 g/mol. The van der Waals surface area contributed by atoms with Gasteiger partial charge in [-0.2, -0.15) is 0 Å². The molecule has 6 heteroatoms. The summed E-state index contributed by atoms with van der Waals surface area (Å²) in [7, 11) is 0. The molecule has 98 valence electrons. The lowest BCUT2D eigenvalue weighted by Gasteiger charge is -2.07. The molecule has 0 atom stereocenters. The van der Waals surface area contributed by atoms with Gasteiger partial charge in [-0.3, -0.25) is 10.1 Å². The van der Waals surface area contributed by atoms with Gasteiger partial charge in [0.05, 0.1) is 10.2 Å². The molecule has 1 amide bonds. The van der Waals surface area contributed by atoms with Crippen LogP contribution in [-0.4, -0.2) is 11.1 Å². The summed E-state index contributed by atoms with van der Waals surface area (Å²) in [5.74, 6) is 0. The number of nitrogens with one attached hydrogen (secondary N) is 2. The number of benzene rings is 1. The molecule has 2 aromatic rings. The number of anilines is 1. The number of aromatic nitrogens is 1. The van der Waals surface area contributed by atoms with Crippen molar-refractivity contribution in [1.82, 2.24) is 4.98 Å². The second-order valence-corrected chi connectivity index (χ2v) is 4.61. The van der Waals surface area contributed by atoms with Gasteiger partial charge >= 0.3 is 6.09 Å². The zero-order chi connectivity index (χ0) is 13.7. The van der Waals surface area contributed by atoms with Crippen molar-refractivity contribution in [2.75, 3.05) is 5.32 Å². The summed E-state index contributed by atoms with van der Waals surface area (Å²) < 4.78 is 5.39. The van der Waals surface area contributed by atoms with Crippen LogP contribution in [0.1, 0.15) is 5.56 Å². The Kier molecular flexibility index (Phi) is 4.35. The van der Waals surface area contributed by atoms with Crippen molar-refractivity contribution in [1.29, 1.82) is 0 Å². The molecule has 0 aliphatic heterocycles. The first-order chi connectivity index (χ1) is 9.15. The van der Waals surface area contributed by atoms with Gasteiger partial charge in [-0.1, -0.05) is 30.3 Å². The van der Waals surface area contributed by atoms with Crippen LogP contribution >= 0.6 is 15.9 Å².